The lowest BCUT2D eigenvalue weighted by Crippen LogP contribution is -2.26. The van der Waals surface area contributed by atoms with E-state index < -0.39 is 0 Å². The number of benzene rings is 1. The number of hydrogen-bond donors (Lipinski definition) is 1. The normalized spacial score (nSPS) is 12.0. The molecule has 1 atom stereocenters. The van der Waals surface area contributed by atoms with Crippen molar-refractivity contribution in [2.24, 2.45) is 0 Å². The van der Waals surface area contributed by atoms with Gasteiger partial charge in [0, 0.05) is 12.0 Å². The van der Waals surface area contributed by atoms with Crippen molar-refractivity contribution in [1.29, 1.82) is 0 Å². The summed E-state index contributed by atoms with van der Waals surface area (Å²) in [6, 6.07) is 7.07. The van der Waals surface area contributed by atoms with Crippen LogP contribution in [0.2, 0.25) is 0 Å². The maximum absolute atomic E-state index is 11.6. The van der Waals surface area contributed by atoms with Crippen molar-refractivity contribution in [3.05, 3.63) is 30.2 Å². The van der Waals surface area contributed by atoms with Crippen LogP contribution in [0.3, 0.4) is 0 Å². The Kier molecular flexibility index (Phi) is 4.92. The second-order valence-electron chi connectivity index (χ2n) is 4.72. The van der Waals surface area contributed by atoms with E-state index in [9.17, 15) is 4.79 Å². The molecule has 1 aromatic carbocycles. The van der Waals surface area contributed by atoms with Gasteiger partial charge in [-0.15, -0.1) is 0 Å². The van der Waals surface area contributed by atoms with Gasteiger partial charge in [0.2, 0.25) is 17.6 Å². The van der Waals surface area contributed by atoms with E-state index in [2.05, 4.69) is 15.5 Å². The maximum atomic E-state index is 11.6. The second kappa shape index (κ2) is 6.88. The molecule has 2 rings (SSSR count). The van der Waals surface area contributed by atoms with Gasteiger partial charge in [0.1, 0.15) is 11.8 Å². The molecule has 0 aliphatic heterocycles. The molecule has 1 amide bonds. The molecule has 2 aromatic rings. The molecule has 0 spiro atoms. The van der Waals surface area contributed by atoms with Crippen molar-refractivity contribution in [3.8, 4) is 17.1 Å². The first-order valence-electron chi connectivity index (χ1n) is 6.91. The summed E-state index contributed by atoms with van der Waals surface area (Å²) in [6.07, 6.45) is 1.29. The molecular weight excluding hydrogens is 270 g/mol. The Morgan fingerprint density at radius 1 is 1.38 bits per heavy atom. The third-order valence-electron chi connectivity index (χ3n) is 3.01. The monoisotopic (exact) mass is 289 g/mol. The minimum Gasteiger partial charge on any atom is -0.497 e. The molecule has 6 heteroatoms. The zero-order chi connectivity index (χ0) is 15.2. The third-order valence-corrected chi connectivity index (χ3v) is 3.01. The van der Waals surface area contributed by atoms with Gasteiger partial charge >= 0.3 is 0 Å². The summed E-state index contributed by atoms with van der Waals surface area (Å²) in [6.45, 7) is 3.78. The zero-order valence-corrected chi connectivity index (χ0v) is 12.4. The number of carbonyl (C=O) groups is 1. The van der Waals surface area contributed by atoms with Gasteiger partial charge in [-0.1, -0.05) is 12.1 Å². The fraction of sp³-hybridized carbons (Fsp3) is 0.400. The third kappa shape index (κ3) is 3.81. The molecule has 0 saturated heterocycles. The Labute approximate surface area is 123 Å². The van der Waals surface area contributed by atoms with E-state index in [4.69, 9.17) is 9.26 Å². The molecule has 0 radical (unpaired) electrons. The smallest absolute Gasteiger partial charge is 0.249 e. The topological polar surface area (TPSA) is 77.2 Å². The van der Waals surface area contributed by atoms with E-state index in [1.807, 2.05) is 38.1 Å². The fourth-order valence-electron chi connectivity index (χ4n) is 1.87. The Morgan fingerprint density at radius 3 is 2.71 bits per heavy atom. The molecule has 0 unspecified atom stereocenters. The molecule has 21 heavy (non-hydrogen) atoms. The Hall–Kier alpha value is -2.37. The summed E-state index contributed by atoms with van der Waals surface area (Å²) in [5.41, 5.74) is 0.831. The van der Waals surface area contributed by atoms with Gasteiger partial charge < -0.3 is 14.6 Å². The number of nitrogens with zero attached hydrogens (tertiary/aromatic N) is 2. The van der Waals surface area contributed by atoms with Gasteiger partial charge in [-0.3, -0.25) is 4.79 Å². The number of methoxy groups -OCH3 is 1. The Bertz CT molecular complexity index is 592. The minimum atomic E-state index is -0.302. The van der Waals surface area contributed by atoms with Crippen molar-refractivity contribution in [2.75, 3.05) is 7.11 Å². The number of amides is 1. The van der Waals surface area contributed by atoms with Crippen molar-refractivity contribution < 1.29 is 14.1 Å². The van der Waals surface area contributed by atoms with Crippen LogP contribution < -0.4 is 10.1 Å². The number of aromatic nitrogens is 2. The van der Waals surface area contributed by atoms with E-state index in [1.165, 1.54) is 0 Å². The number of hydrogen-bond acceptors (Lipinski definition) is 5. The highest BCUT2D eigenvalue weighted by atomic mass is 16.5. The summed E-state index contributed by atoms with van der Waals surface area (Å²) < 4.78 is 10.3. The van der Waals surface area contributed by atoms with Crippen molar-refractivity contribution in [3.63, 3.8) is 0 Å². The largest absolute Gasteiger partial charge is 0.497 e. The van der Waals surface area contributed by atoms with E-state index in [-0.39, 0.29) is 11.9 Å². The lowest BCUT2D eigenvalue weighted by atomic mass is 10.2. The highest BCUT2D eigenvalue weighted by Crippen LogP contribution is 2.21. The van der Waals surface area contributed by atoms with Gasteiger partial charge in [0.15, 0.2) is 0 Å². The quantitative estimate of drug-likeness (QED) is 0.884. The lowest BCUT2D eigenvalue weighted by molar-refractivity contribution is -0.121. The van der Waals surface area contributed by atoms with Crippen LogP contribution >= 0.6 is 0 Å². The minimum absolute atomic E-state index is 0.0193. The highest BCUT2D eigenvalue weighted by Gasteiger charge is 2.16. The van der Waals surface area contributed by atoms with Crippen molar-refractivity contribution >= 4 is 5.91 Å². The SMILES string of the molecule is CCCC(=O)N[C@H](C)c1nc(-c2ccc(OC)cc2)no1. The van der Waals surface area contributed by atoms with Gasteiger partial charge in [-0.2, -0.15) is 4.98 Å². The van der Waals surface area contributed by atoms with E-state index in [0.29, 0.717) is 18.1 Å². The maximum Gasteiger partial charge on any atom is 0.249 e. The van der Waals surface area contributed by atoms with Crippen LogP contribution in [-0.2, 0) is 4.79 Å². The first-order valence-corrected chi connectivity index (χ1v) is 6.91. The van der Waals surface area contributed by atoms with E-state index >= 15 is 0 Å². The summed E-state index contributed by atoms with van der Waals surface area (Å²) in [7, 11) is 1.61. The molecule has 112 valence electrons. The first kappa shape index (κ1) is 15.0. The summed E-state index contributed by atoms with van der Waals surface area (Å²) in [5.74, 6) is 1.63. The average Bonchev–Trinajstić information content (AvgIpc) is 2.97. The van der Waals surface area contributed by atoms with E-state index in [0.717, 1.165) is 17.7 Å². The second-order valence-corrected chi connectivity index (χ2v) is 4.72. The molecule has 1 aromatic heterocycles. The van der Waals surface area contributed by atoms with Crippen LogP contribution in [0.5, 0.6) is 5.75 Å². The highest BCUT2D eigenvalue weighted by molar-refractivity contribution is 5.76. The molecule has 0 bridgehead atoms. The van der Waals surface area contributed by atoms with Crippen LogP contribution in [0.25, 0.3) is 11.4 Å². The molecule has 0 fully saturated rings. The predicted octanol–water partition coefficient (Wildman–Crippen LogP) is 2.72. The van der Waals surface area contributed by atoms with Gasteiger partial charge in [0.05, 0.1) is 7.11 Å². The molecule has 0 aliphatic rings. The van der Waals surface area contributed by atoms with Gasteiger partial charge in [-0.05, 0) is 37.6 Å². The van der Waals surface area contributed by atoms with Crippen molar-refractivity contribution in [2.45, 2.75) is 32.7 Å². The van der Waals surface area contributed by atoms with Crippen LogP contribution in [-0.4, -0.2) is 23.2 Å². The molecule has 0 saturated carbocycles. The number of carbonyl (C=O) groups excluding carboxylic acids is 1. The molecule has 0 aliphatic carbocycles. The molecule has 6 nitrogen and oxygen atoms in total. The first-order chi connectivity index (χ1) is 10.1. The van der Waals surface area contributed by atoms with Crippen LogP contribution in [0.1, 0.15) is 38.6 Å². The predicted molar refractivity (Wildman–Crippen MR) is 77.8 cm³/mol. The van der Waals surface area contributed by atoms with Crippen LogP contribution in [0, 0.1) is 0 Å². The molecule has 1 heterocycles. The number of nitrogens with one attached hydrogen (secondary N) is 1. The summed E-state index contributed by atoms with van der Waals surface area (Å²) in [5, 5.41) is 6.76. The number of ether oxygens (including phenoxy) is 1. The average molecular weight is 289 g/mol. The molecular formula is C15H19N3O3. The Morgan fingerprint density at radius 2 is 2.10 bits per heavy atom. The van der Waals surface area contributed by atoms with Gasteiger partial charge in [-0.25, -0.2) is 0 Å². The van der Waals surface area contributed by atoms with Crippen molar-refractivity contribution in [1.82, 2.24) is 15.5 Å². The zero-order valence-electron chi connectivity index (χ0n) is 12.4. The fourth-order valence-corrected chi connectivity index (χ4v) is 1.87. The summed E-state index contributed by atoms with van der Waals surface area (Å²) >= 11 is 0. The van der Waals surface area contributed by atoms with Gasteiger partial charge in [0.25, 0.3) is 0 Å². The Balaban J connectivity index is 2.07. The van der Waals surface area contributed by atoms with E-state index in [1.54, 1.807) is 7.11 Å². The van der Waals surface area contributed by atoms with Crippen LogP contribution in [0.4, 0.5) is 0 Å². The lowest BCUT2D eigenvalue weighted by Gasteiger charge is -2.08. The van der Waals surface area contributed by atoms with Crippen LogP contribution in [0.15, 0.2) is 28.8 Å². The number of rotatable bonds is 6. The molecule has 1 N–H and O–H groups in total. The standard InChI is InChI=1S/C15H19N3O3/c1-4-5-13(19)16-10(2)15-17-14(18-21-15)11-6-8-12(20-3)9-7-11/h6-10H,4-5H2,1-3H3,(H,16,19)/t10-/m1/s1. The summed E-state index contributed by atoms with van der Waals surface area (Å²) in [4.78, 5) is 15.9.